The molecule has 0 aliphatic rings. The van der Waals surface area contributed by atoms with Gasteiger partial charge >= 0.3 is 0 Å². The quantitative estimate of drug-likeness (QED) is 0.639. The summed E-state index contributed by atoms with van der Waals surface area (Å²) in [4.78, 5) is 12.1. The predicted molar refractivity (Wildman–Crippen MR) is 107 cm³/mol. The van der Waals surface area contributed by atoms with E-state index in [9.17, 15) is 4.79 Å². The van der Waals surface area contributed by atoms with Crippen LogP contribution in [0.5, 0.6) is 5.75 Å². The molecule has 1 N–H and O–H groups in total. The Bertz CT molecular complexity index is 919. The zero-order chi connectivity index (χ0) is 19.2. The molecule has 140 valence electrons. The molecule has 1 amide bonds. The van der Waals surface area contributed by atoms with Gasteiger partial charge < -0.3 is 10.1 Å². The van der Waals surface area contributed by atoms with Crippen molar-refractivity contribution in [1.29, 1.82) is 0 Å². The molecule has 0 aliphatic heterocycles. The van der Waals surface area contributed by atoms with Gasteiger partial charge in [0.05, 0.1) is 5.69 Å². The van der Waals surface area contributed by atoms with E-state index >= 15 is 0 Å². The molecule has 0 radical (unpaired) electrons. The van der Waals surface area contributed by atoms with Crippen molar-refractivity contribution < 1.29 is 9.53 Å². The van der Waals surface area contributed by atoms with E-state index in [0.717, 1.165) is 28.4 Å². The largest absolute Gasteiger partial charge is 0.489 e. The van der Waals surface area contributed by atoms with Gasteiger partial charge in [0.15, 0.2) is 0 Å². The Balaban J connectivity index is 1.49. The summed E-state index contributed by atoms with van der Waals surface area (Å²) in [5, 5.41) is 7.94. The van der Waals surface area contributed by atoms with Gasteiger partial charge in [-0.1, -0.05) is 29.8 Å². The van der Waals surface area contributed by atoms with Crippen LogP contribution in [0.4, 0.5) is 5.69 Å². The van der Waals surface area contributed by atoms with Crippen molar-refractivity contribution in [2.75, 3.05) is 5.32 Å². The first-order valence-corrected chi connectivity index (χ1v) is 9.16. The predicted octanol–water partition coefficient (Wildman–Crippen LogP) is 4.76. The van der Waals surface area contributed by atoms with Gasteiger partial charge in [0.25, 0.3) is 0 Å². The van der Waals surface area contributed by atoms with Crippen LogP contribution in [0.1, 0.15) is 23.4 Å². The molecule has 0 saturated heterocycles. The maximum absolute atomic E-state index is 12.1. The summed E-state index contributed by atoms with van der Waals surface area (Å²) in [6.45, 7) is 4.89. The second-order valence-corrected chi connectivity index (χ2v) is 6.76. The zero-order valence-electron chi connectivity index (χ0n) is 15.4. The third kappa shape index (κ3) is 5.34. The highest BCUT2D eigenvalue weighted by Crippen LogP contribution is 2.20. The van der Waals surface area contributed by atoms with E-state index in [4.69, 9.17) is 16.3 Å². The fourth-order valence-corrected chi connectivity index (χ4v) is 2.93. The second-order valence-electron chi connectivity index (χ2n) is 6.35. The number of ether oxygens (including phenoxy) is 1. The SMILES string of the molecule is Cc1cc(C)n(CCC(=O)Nc2ccc(OCc3ccccc3Cl)cc2)n1. The van der Waals surface area contributed by atoms with Crippen molar-refractivity contribution in [2.45, 2.75) is 33.4 Å². The number of rotatable bonds is 7. The number of hydrogen-bond acceptors (Lipinski definition) is 3. The van der Waals surface area contributed by atoms with Crippen molar-refractivity contribution in [3.8, 4) is 5.75 Å². The Morgan fingerprint density at radius 1 is 1.15 bits per heavy atom. The number of anilines is 1. The smallest absolute Gasteiger partial charge is 0.226 e. The average Bonchev–Trinajstić information content (AvgIpc) is 2.98. The van der Waals surface area contributed by atoms with E-state index in [-0.39, 0.29) is 5.91 Å². The molecule has 27 heavy (non-hydrogen) atoms. The van der Waals surface area contributed by atoms with E-state index in [1.54, 1.807) is 0 Å². The third-order valence-corrected chi connectivity index (χ3v) is 4.51. The number of hydrogen-bond donors (Lipinski definition) is 1. The van der Waals surface area contributed by atoms with Crippen LogP contribution in [0.2, 0.25) is 5.02 Å². The molecule has 3 rings (SSSR count). The van der Waals surface area contributed by atoms with Crippen molar-refractivity contribution >= 4 is 23.2 Å². The van der Waals surface area contributed by atoms with Crippen LogP contribution < -0.4 is 10.1 Å². The maximum atomic E-state index is 12.1. The van der Waals surface area contributed by atoms with Gasteiger partial charge in [0.2, 0.25) is 5.91 Å². The fraction of sp³-hybridized carbons (Fsp3) is 0.238. The molecule has 0 aliphatic carbocycles. The summed E-state index contributed by atoms with van der Waals surface area (Å²) in [6, 6.07) is 16.9. The Hall–Kier alpha value is -2.79. The molecule has 1 heterocycles. The minimum absolute atomic E-state index is 0.0488. The van der Waals surface area contributed by atoms with Gasteiger partial charge in [-0.2, -0.15) is 5.10 Å². The molecule has 0 unspecified atom stereocenters. The lowest BCUT2D eigenvalue weighted by Crippen LogP contribution is -2.15. The molecule has 0 atom stereocenters. The van der Waals surface area contributed by atoms with E-state index in [1.807, 2.05) is 73.1 Å². The maximum Gasteiger partial charge on any atom is 0.226 e. The molecule has 0 saturated carbocycles. The molecule has 0 bridgehead atoms. The minimum Gasteiger partial charge on any atom is -0.489 e. The molecule has 3 aromatic rings. The van der Waals surface area contributed by atoms with Gasteiger partial charge in [-0.3, -0.25) is 9.48 Å². The number of carbonyl (C=O) groups is 1. The number of aromatic nitrogens is 2. The monoisotopic (exact) mass is 383 g/mol. The third-order valence-electron chi connectivity index (χ3n) is 4.14. The van der Waals surface area contributed by atoms with E-state index in [1.165, 1.54) is 0 Å². The van der Waals surface area contributed by atoms with Crippen molar-refractivity contribution in [2.24, 2.45) is 0 Å². The first-order chi connectivity index (χ1) is 13.0. The molecule has 0 spiro atoms. The van der Waals surface area contributed by atoms with Crippen LogP contribution >= 0.6 is 11.6 Å². The summed E-state index contributed by atoms with van der Waals surface area (Å²) in [5.41, 5.74) is 3.68. The van der Waals surface area contributed by atoms with Gasteiger partial charge in [-0.05, 0) is 50.2 Å². The van der Waals surface area contributed by atoms with Crippen LogP contribution in [0.25, 0.3) is 0 Å². The molecule has 6 heteroatoms. The lowest BCUT2D eigenvalue weighted by atomic mass is 10.2. The highest BCUT2D eigenvalue weighted by atomic mass is 35.5. The molecule has 2 aromatic carbocycles. The summed E-state index contributed by atoms with van der Waals surface area (Å²) in [7, 11) is 0. The number of carbonyl (C=O) groups excluding carboxylic acids is 1. The number of amides is 1. The summed E-state index contributed by atoms with van der Waals surface area (Å²) >= 11 is 6.12. The number of halogens is 1. The van der Waals surface area contributed by atoms with Crippen LogP contribution in [0.3, 0.4) is 0 Å². The van der Waals surface area contributed by atoms with Crippen molar-refractivity contribution in [3.63, 3.8) is 0 Å². The van der Waals surface area contributed by atoms with Gasteiger partial charge in [-0.25, -0.2) is 0 Å². The first-order valence-electron chi connectivity index (χ1n) is 8.78. The summed E-state index contributed by atoms with van der Waals surface area (Å²) in [5.74, 6) is 0.669. The van der Waals surface area contributed by atoms with Crippen molar-refractivity contribution in [1.82, 2.24) is 9.78 Å². The molecule has 1 aromatic heterocycles. The molecule has 5 nitrogen and oxygen atoms in total. The number of benzene rings is 2. The molecule has 0 fully saturated rings. The Morgan fingerprint density at radius 3 is 2.56 bits per heavy atom. The van der Waals surface area contributed by atoms with Crippen LogP contribution in [0.15, 0.2) is 54.6 Å². The number of nitrogens with one attached hydrogen (secondary N) is 1. The zero-order valence-corrected chi connectivity index (χ0v) is 16.2. The Kier molecular flexibility index (Phi) is 6.14. The van der Waals surface area contributed by atoms with Gasteiger partial charge in [0, 0.05) is 34.9 Å². The van der Waals surface area contributed by atoms with E-state index < -0.39 is 0 Å². The van der Waals surface area contributed by atoms with Crippen molar-refractivity contribution in [3.05, 3.63) is 76.6 Å². The normalized spacial score (nSPS) is 10.6. The van der Waals surface area contributed by atoms with E-state index in [0.29, 0.717) is 24.6 Å². The second kappa shape index (κ2) is 8.73. The lowest BCUT2D eigenvalue weighted by molar-refractivity contribution is -0.116. The number of aryl methyl sites for hydroxylation is 3. The lowest BCUT2D eigenvalue weighted by Gasteiger charge is -2.10. The molecular weight excluding hydrogens is 362 g/mol. The Labute approximate surface area is 163 Å². The Morgan fingerprint density at radius 2 is 1.89 bits per heavy atom. The topological polar surface area (TPSA) is 56.2 Å². The first kappa shape index (κ1) is 19.0. The number of nitrogens with zero attached hydrogens (tertiary/aromatic N) is 2. The van der Waals surface area contributed by atoms with E-state index in [2.05, 4.69) is 10.4 Å². The highest BCUT2D eigenvalue weighted by Gasteiger charge is 2.06. The average molecular weight is 384 g/mol. The minimum atomic E-state index is -0.0488. The standard InChI is InChI=1S/C21H22ClN3O2/c1-15-13-16(2)25(24-15)12-11-21(26)23-18-7-9-19(10-8-18)27-14-17-5-3-4-6-20(17)22/h3-10,13H,11-12,14H2,1-2H3,(H,23,26). The van der Waals surface area contributed by atoms with Crippen LogP contribution in [-0.4, -0.2) is 15.7 Å². The van der Waals surface area contributed by atoms with Gasteiger partial charge in [-0.15, -0.1) is 0 Å². The summed E-state index contributed by atoms with van der Waals surface area (Å²) < 4.78 is 7.59. The van der Waals surface area contributed by atoms with Gasteiger partial charge in [0.1, 0.15) is 12.4 Å². The van der Waals surface area contributed by atoms with Crippen LogP contribution in [0, 0.1) is 13.8 Å². The highest BCUT2D eigenvalue weighted by molar-refractivity contribution is 6.31. The van der Waals surface area contributed by atoms with Crippen LogP contribution in [-0.2, 0) is 17.9 Å². The summed E-state index contributed by atoms with van der Waals surface area (Å²) in [6.07, 6.45) is 0.368. The fourth-order valence-electron chi connectivity index (χ4n) is 2.74. The molecular formula is C21H22ClN3O2.